The zero-order chi connectivity index (χ0) is 13.7. The molecule has 6 nitrogen and oxygen atoms in total. The number of nitrogens with one attached hydrogen (secondary N) is 1. The van der Waals surface area contributed by atoms with Crippen LogP contribution in [0.1, 0.15) is 24.4 Å². The SMILES string of the molecule is CCNC(c1csnn1)c1c(Cl)cnn1CCOC. The van der Waals surface area contributed by atoms with Gasteiger partial charge in [0.25, 0.3) is 0 Å². The van der Waals surface area contributed by atoms with E-state index < -0.39 is 0 Å². The third-order valence-electron chi connectivity index (χ3n) is 2.69. The first kappa shape index (κ1) is 14.4. The van der Waals surface area contributed by atoms with Crippen molar-refractivity contribution in [1.29, 1.82) is 0 Å². The van der Waals surface area contributed by atoms with Crippen LogP contribution in [0, 0.1) is 0 Å². The molecule has 0 bridgehead atoms. The summed E-state index contributed by atoms with van der Waals surface area (Å²) < 4.78 is 10.8. The number of aromatic nitrogens is 4. The van der Waals surface area contributed by atoms with Gasteiger partial charge in [-0.05, 0) is 18.1 Å². The Morgan fingerprint density at radius 1 is 1.58 bits per heavy atom. The predicted octanol–water partition coefficient (Wildman–Crippen LogP) is 1.73. The van der Waals surface area contributed by atoms with Gasteiger partial charge >= 0.3 is 0 Å². The molecule has 0 aliphatic carbocycles. The molecule has 0 aliphatic rings. The van der Waals surface area contributed by atoms with E-state index >= 15 is 0 Å². The summed E-state index contributed by atoms with van der Waals surface area (Å²) in [6.07, 6.45) is 1.65. The maximum atomic E-state index is 6.26. The van der Waals surface area contributed by atoms with Crippen molar-refractivity contribution < 1.29 is 4.74 Å². The highest BCUT2D eigenvalue weighted by atomic mass is 35.5. The lowest BCUT2D eigenvalue weighted by molar-refractivity contribution is 0.182. The second-order valence-corrected chi connectivity index (χ2v) is 4.93. The Morgan fingerprint density at radius 2 is 2.42 bits per heavy atom. The molecule has 104 valence electrons. The van der Waals surface area contributed by atoms with E-state index in [1.54, 1.807) is 13.3 Å². The molecule has 0 spiro atoms. The number of hydrogen-bond donors (Lipinski definition) is 1. The molecule has 19 heavy (non-hydrogen) atoms. The molecule has 0 aliphatic heterocycles. The fourth-order valence-electron chi connectivity index (χ4n) is 1.86. The van der Waals surface area contributed by atoms with Crippen LogP contribution < -0.4 is 5.32 Å². The topological polar surface area (TPSA) is 64.9 Å². The Morgan fingerprint density at radius 3 is 3.05 bits per heavy atom. The molecular formula is C11H16ClN5OS. The first-order valence-electron chi connectivity index (χ1n) is 5.98. The number of rotatable bonds is 7. The molecule has 0 saturated carbocycles. The third kappa shape index (κ3) is 3.30. The van der Waals surface area contributed by atoms with Crippen LogP contribution in [-0.2, 0) is 11.3 Å². The summed E-state index contributed by atoms with van der Waals surface area (Å²) in [6, 6.07) is -0.101. The van der Waals surface area contributed by atoms with Crippen molar-refractivity contribution in [2.75, 3.05) is 20.3 Å². The largest absolute Gasteiger partial charge is 0.383 e. The molecule has 2 rings (SSSR count). The molecule has 2 aromatic heterocycles. The number of hydrogen-bond acceptors (Lipinski definition) is 6. The van der Waals surface area contributed by atoms with Gasteiger partial charge in [0.1, 0.15) is 0 Å². The van der Waals surface area contributed by atoms with Gasteiger partial charge in [-0.3, -0.25) is 4.68 Å². The minimum absolute atomic E-state index is 0.101. The van der Waals surface area contributed by atoms with Gasteiger partial charge in [-0.25, -0.2) is 0 Å². The van der Waals surface area contributed by atoms with E-state index in [9.17, 15) is 0 Å². The van der Waals surface area contributed by atoms with Gasteiger partial charge < -0.3 is 10.1 Å². The number of ether oxygens (including phenoxy) is 1. The standard InChI is InChI=1S/C11H16ClN5OS/c1-3-13-10(9-7-19-16-15-9)11-8(12)6-14-17(11)4-5-18-2/h6-7,10,13H,3-5H2,1-2H3. The average Bonchev–Trinajstić information content (AvgIpc) is 3.04. The van der Waals surface area contributed by atoms with Gasteiger partial charge in [0, 0.05) is 12.5 Å². The summed E-state index contributed by atoms with van der Waals surface area (Å²) in [5.41, 5.74) is 1.75. The molecule has 0 saturated heterocycles. The lowest BCUT2D eigenvalue weighted by atomic mass is 10.1. The summed E-state index contributed by atoms with van der Waals surface area (Å²) in [5, 5.41) is 14.3. The van der Waals surface area contributed by atoms with Crippen molar-refractivity contribution in [3.63, 3.8) is 0 Å². The van der Waals surface area contributed by atoms with Gasteiger partial charge in [0.05, 0.1) is 41.8 Å². The van der Waals surface area contributed by atoms with Gasteiger partial charge in [-0.2, -0.15) is 5.10 Å². The van der Waals surface area contributed by atoms with Crippen LogP contribution in [0.25, 0.3) is 0 Å². The Labute approximate surface area is 120 Å². The highest BCUT2D eigenvalue weighted by Gasteiger charge is 2.23. The number of nitrogens with zero attached hydrogens (tertiary/aromatic N) is 4. The molecule has 0 amide bonds. The van der Waals surface area contributed by atoms with Gasteiger partial charge in [0.2, 0.25) is 0 Å². The first-order chi connectivity index (χ1) is 9.27. The van der Waals surface area contributed by atoms with E-state index in [0.29, 0.717) is 18.2 Å². The quantitative estimate of drug-likeness (QED) is 0.844. The van der Waals surface area contributed by atoms with Crippen LogP contribution in [0.5, 0.6) is 0 Å². The second-order valence-electron chi connectivity index (χ2n) is 3.91. The van der Waals surface area contributed by atoms with Crippen LogP contribution in [0.2, 0.25) is 5.02 Å². The van der Waals surface area contributed by atoms with E-state index in [1.165, 1.54) is 11.5 Å². The fourth-order valence-corrected chi connectivity index (χ4v) is 2.59. The van der Waals surface area contributed by atoms with Crippen molar-refractivity contribution in [2.24, 2.45) is 0 Å². The first-order valence-corrected chi connectivity index (χ1v) is 7.19. The minimum atomic E-state index is -0.101. The molecule has 2 aromatic rings. The molecule has 1 unspecified atom stereocenters. The van der Waals surface area contributed by atoms with Crippen LogP contribution in [0.3, 0.4) is 0 Å². The molecule has 0 radical (unpaired) electrons. The summed E-state index contributed by atoms with van der Waals surface area (Å²) in [5.74, 6) is 0. The Kier molecular flexibility index (Phi) is 5.26. The molecule has 8 heteroatoms. The highest BCUT2D eigenvalue weighted by Crippen LogP contribution is 2.27. The predicted molar refractivity (Wildman–Crippen MR) is 74.5 cm³/mol. The van der Waals surface area contributed by atoms with Crippen molar-refractivity contribution >= 4 is 23.1 Å². The highest BCUT2D eigenvalue weighted by molar-refractivity contribution is 7.03. The zero-order valence-electron chi connectivity index (χ0n) is 10.8. The lowest BCUT2D eigenvalue weighted by Gasteiger charge is -2.17. The van der Waals surface area contributed by atoms with Crippen molar-refractivity contribution in [3.8, 4) is 0 Å². The Bertz CT molecular complexity index is 501. The fraction of sp³-hybridized carbons (Fsp3) is 0.545. The number of methoxy groups -OCH3 is 1. The summed E-state index contributed by atoms with van der Waals surface area (Å²) in [6.45, 7) is 4.07. The van der Waals surface area contributed by atoms with E-state index in [4.69, 9.17) is 16.3 Å². The van der Waals surface area contributed by atoms with E-state index in [-0.39, 0.29) is 6.04 Å². The smallest absolute Gasteiger partial charge is 0.0986 e. The molecule has 2 heterocycles. The van der Waals surface area contributed by atoms with Gasteiger partial charge in [0.15, 0.2) is 0 Å². The summed E-state index contributed by atoms with van der Waals surface area (Å²) in [7, 11) is 1.66. The normalized spacial score (nSPS) is 12.8. The molecule has 0 fully saturated rings. The average molecular weight is 302 g/mol. The van der Waals surface area contributed by atoms with E-state index in [2.05, 4.69) is 20.0 Å². The molecule has 1 atom stereocenters. The lowest BCUT2D eigenvalue weighted by Crippen LogP contribution is -2.26. The maximum Gasteiger partial charge on any atom is 0.0986 e. The van der Waals surface area contributed by atoms with Gasteiger partial charge in [-0.15, -0.1) is 5.10 Å². The Balaban J connectivity index is 2.33. The maximum absolute atomic E-state index is 6.26. The van der Waals surface area contributed by atoms with E-state index in [1.807, 2.05) is 17.0 Å². The molecule has 1 N–H and O–H groups in total. The second kappa shape index (κ2) is 6.95. The van der Waals surface area contributed by atoms with E-state index in [0.717, 1.165) is 17.9 Å². The number of halogens is 1. The van der Waals surface area contributed by atoms with Crippen molar-refractivity contribution in [2.45, 2.75) is 19.5 Å². The van der Waals surface area contributed by atoms with Crippen molar-refractivity contribution in [3.05, 3.63) is 28.0 Å². The van der Waals surface area contributed by atoms with Crippen LogP contribution in [0.15, 0.2) is 11.6 Å². The third-order valence-corrected chi connectivity index (χ3v) is 3.51. The summed E-state index contributed by atoms with van der Waals surface area (Å²) in [4.78, 5) is 0. The summed E-state index contributed by atoms with van der Waals surface area (Å²) >= 11 is 7.58. The van der Waals surface area contributed by atoms with Crippen molar-refractivity contribution in [1.82, 2.24) is 24.7 Å². The minimum Gasteiger partial charge on any atom is -0.383 e. The van der Waals surface area contributed by atoms with Crippen LogP contribution in [0.4, 0.5) is 0 Å². The molecular weight excluding hydrogens is 286 g/mol. The van der Waals surface area contributed by atoms with Crippen LogP contribution >= 0.6 is 23.1 Å². The van der Waals surface area contributed by atoms with Gasteiger partial charge in [-0.1, -0.05) is 23.0 Å². The van der Waals surface area contributed by atoms with Crippen LogP contribution in [-0.4, -0.2) is 39.6 Å². The zero-order valence-corrected chi connectivity index (χ0v) is 12.4. The molecule has 0 aromatic carbocycles. The monoisotopic (exact) mass is 301 g/mol. The Hall–Kier alpha value is -1.02.